The van der Waals surface area contributed by atoms with E-state index in [0.29, 0.717) is 0 Å². The van der Waals surface area contributed by atoms with Crippen molar-refractivity contribution in [2.45, 2.75) is 25.8 Å². The van der Waals surface area contributed by atoms with Gasteiger partial charge < -0.3 is 0 Å². The van der Waals surface area contributed by atoms with Crippen LogP contribution < -0.4 is 4.57 Å². The molecule has 0 atom stereocenters. The predicted molar refractivity (Wildman–Crippen MR) is 38.5 cm³/mol. The molecule has 0 saturated carbocycles. The molecule has 2 nitrogen and oxygen atoms in total. The number of hydrogen-bond acceptors (Lipinski definition) is 0. The van der Waals surface area contributed by atoms with Crippen LogP contribution in [0.1, 0.15) is 18.7 Å². The minimum atomic E-state index is 1.22. The molecule has 0 bridgehead atoms. The monoisotopic (exact) mass is 137 g/mol. The van der Waals surface area contributed by atoms with E-state index in [4.69, 9.17) is 0 Å². The van der Waals surface area contributed by atoms with Gasteiger partial charge in [-0.05, 0) is 12.8 Å². The number of aryl methyl sites for hydroxylation is 2. The molecule has 0 amide bonds. The highest BCUT2D eigenvalue weighted by atomic mass is 15.1. The summed E-state index contributed by atoms with van der Waals surface area (Å²) in [5, 5.41) is 0. The summed E-state index contributed by atoms with van der Waals surface area (Å²) in [6.07, 6.45) is 8.28. The van der Waals surface area contributed by atoms with Gasteiger partial charge in [0.25, 0.3) is 5.82 Å². The van der Waals surface area contributed by atoms with Crippen molar-refractivity contribution in [3.05, 3.63) is 18.2 Å². The Labute approximate surface area is 61.1 Å². The van der Waals surface area contributed by atoms with Crippen LogP contribution >= 0.6 is 0 Å². The third kappa shape index (κ3) is 0.753. The van der Waals surface area contributed by atoms with Crippen molar-refractivity contribution in [2.75, 3.05) is 0 Å². The van der Waals surface area contributed by atoms with E-state index >= 15 is 0 Å². The molecule has 1 aromatic rings. The third-order valence-corrected chi connectivity index (χ3v) is 2.26. The summed E-state index contributed by atoms with van der Waals surface area (Å²) in [7, 11) is 2.12. The number of fused-ring (bicyclic) bond motifs is 1. The molecule has 0 aromatic carbocycles. The number of nitrogens with zero attached hydrogens (tertiary/aromatic N) is 2. The van der Waals surface area contributed by atoms with Gasteiger partial charge in [0.15, 0.2) is 0 Å². The Morgan fingerprint density at radius 3 is 3.20 bits per heavy atom. The molecular formula is C8H13N2+. The molecule has 1 aromatic heterocycles. The fourth-order valence-electron chi connectivity index (χ4n) is 1.64. The van der Waals surface area contributed by atoms with Gasteiger partial charge >= 0.3 is 0 Å². The molecular weight excluding hydrogens is 124 g/mol. The van der Waals surface area contributed by atoms with Crippen molar-refractivity contribution < 1.29 is 4.57 Å². The molecule has 10 heavy (non-hydrogen) atoms. The zero-order chi connectivity index (χ0) is 6.97. The second-order valence-electron chi connectivity index (χ2n) is 2.98. The van der Waals surface area contributed by atoms with Gasteiger partial charge in [-0.1, -0.05) is 0 Å². The Kier molecular flexibility index (Phi) is 1.26. The van der Waals surface area contributed by atoms with Crippen molar-refractivity contribution >= 4 is 0 Å². The van der Waals surface area contributed by atoms with Crippen LogP contribution in [0, 0.1) is 0 Å². The van der Waals surface area contributed by atoms with Gasteiger partial charge in [0.1, 0.15) is 12.4 Å². The zero-order valence-electron chi connectivity index (χ0n) is 6.38. The van der Waals surface area contributed by atoms with Gasteiger partial charge in [-0.25, -0.2) is 9.13 Å². The maximum absolute atomic E-state index is 2.35. The van der Waals surface area contributed by atoms with Crippen molar-refractivity contribution in [3.63, 3.8) is 0 Å². The molecule has 1 aliphatic rings. The van der Waals surface area contributed by atoms with Crippen LogP contribution in [0.5, 0.6) is 0 Å². The van der Waals surface area contributed by atoms with Crippen molar-refractivity contribution in [3.8, 4) is 0 Å². The maximum Gasteiger partial charge on any atom is 0.256 e. The van der Waals surface area contributed by atoms with Gasteiger partial charge in [-0.2, -0.15) is 0 Å². The third-order valence-electron chi connectivity index (χ3n) is 2.26. The smallest absolute Gasteiger partial charge is 0.237 e. The van der Waals surface area contributed by atoms with Crippen LogP contribution in [-0.4, -0.2) is 4.57 Å². The van der Waals surface area contributed by atoms with Crippen LogP contribution in [0.15, 0.2) is 12.4 Å². The first-order valence-corrected chi connectivity index (χ1v) is 3.91. The van der Waals surface area contributed by atoms with E-state index in [2.05, 4.69) is 28.6 Å². The number of rotatable bonds is 0. The summed E-state index contributed by atoms with van der Waals surface area (Å²) in [4.78, 5) is 0. The second-order valence-corrected chi connectivity index (χ2v) is 2.98. The summed E-state index contributed by atoms with van der Waals surface area (Å²) >= 11 is 0. The summed E-state index contributed by atoms with van der Waals surface area (Å²) in [5.74, 6) is 1.48. The maximum atomic E-state index is 2.35. The molecule has 1 aliphatic heterocycles. The minimum Gasteiger partial charge on any atom is -0.237 e. The average molecular weight is 137 g/mol. The number of hydrogen-bond donors (Lipinski definition) is 0. The molecule has 2 rings (SSSR count). The Balaban J connectivity index is 2.45. The zero-order valence-corrected chi connectivity index (χ0v) is 6.38. The molecule has 54 valence electrons. The fourth-order valence-corrected chi connectivity index (χ4v) is 1.64. The molecule has 0 spiro atoms. The summed E-state index contributed by atoms with van der Waals surface area (Å²) in [5.41, 5.74) is 0. The minimum absolute atomic E-state index is 1.22. The van der Waals surface area contributed by atoms with Crippen molar-refractivity contribution in [1.82, 2.24) is 4.57 Å². The summed E-state index contributed by atoms with van der Waals surface area (Å²) in [6, 6.07) is 0. The second kappa shape index (κ2) is 2.11. The molecule has 0 fully saturated rings. The van der Waals surface area contributed by atoms with Gasteiger partial charge in [0.05, 0.1) is 13.6 Å². The molecule has 2 heteroatoms. The lowest BCUT2D eigenvalue weighted by molar-refractivity contribution is -0.679. The van der Waals surface area contributed by atoms with E-state index in [9.17, 15) is 0 Å². The van der Waals surface area contributed by atoms with E-state index in [1.54, 1.807) is 0 Å². The molecule has 0 N–H and O–H groups in total. The van der Waals surface area contributed by atoms with E-state index in [-0.39, 0.29) is 0 Å². The first-order valence-electron chi connectivity index (χ1n) is 3.91. The molecule has 0 saturated heterocycles. The van der Waals surface area contributed by atoms with Crippen LogP contribution in [0.3, 0.4) is 0 Å². The Morgan fingerprint density at radius 2 is 2.40 bits per heavy atom. The Bertz CT molecular complexity index is 237. The lowest BCUT2D eigenvalue weighted by Crippen LogP contribution is -2.33. The number of imidazole rings is 1. The molecule has 2 heterocycles. The summed E-state index contributed by atoms with van der Waals surface area (Å²) < 4.78 is 4.57. The molecule has 0 radical (unpaired) electrons. The normalized spacial score (nSPS) is 16.9. The van der Waals surface area contributed by atoms with Crippen LogP contribution in [-0.2, 0) is 20.0 Å². The summed E-state index contributed by atoms with van der Waals surface area (Å²) in [6.45, 7) is 1.22. The van der Waals surface area contributed by atoms with Gasteiger partial charge in [0.2, 0.25) is 0 Å². The van der Waals surface area contributed by atoms with Crippen LogP contribution in [0.2, 0.25) is 0 Å². The van der Waals surface area contributed by atoms with Crippen LogP contribution in [0.25, 0.3) is 0 Å². The highest BCUT2D eigenvalue weighted by molar-refractivity contribution is 4.86. The topological polar surface area (TPSA) is 8.81 Å². The van der Waals surface area contributed by atoms with Crippen molar-refractivity contribution in [1.29, 1.82) is 0 Å². The van der Waals surface area contributed by atoms with E-state index in [1.807, 2.05) is 0 Å². The standard InChI is InChI=1S/C8H13N2/c1-9-6-7-10-5-3-2-4-8(9)10/h6-7H,2-5H2,1H3/q+1. The van der Waals surface area contributed by atoms with Gasteiger partial charge in [-0.3, -0.25) is 0 Å². The van der Waals surface area contributed by atoms with E-state index in [1.165, 1.54) is 31.6 Å². The average Bonchev–Trinajstić information content (AvgIpc) is 2.34. The lowest BCUT2D eigenvalue weighted by Gasteiger charge is -2.07. The lowest BCUT2D eigenvalue weighted by atomic mass is 10.2. The van der Waals surface area contributed by atoms with Gasteiger partial charge in [0, 0.05) is 6.42 Å². The largest absolute Gasteiger partial charge is 0.256 e. The van der Waals surface area contributed by atoms with Gasteiger partial charge in [-0.15, -0.1) is 0 Å². The van der Waals surface area contributed by atoms with Crippen LogP contribution in [0.4, 0.5) is 0 Å². The quantitative estimate of drug-likeness (QED) is 0.464. The molecule has 0 unspecified atom stereocenters. The molecule has 0 aliphatic carbocycles. The first-order chi connectivity index (χ1) is 4.88. The Hall–Kier alpha value is -0.790. The highest BCUT2D eigenvalue weighted by Crippen LogP contribution is 2.09. The van der Waals surface area contributed by atoms with E-state index < -0.39 is 0 Å². The van der Waals surface area contributed by atoms with Crippen molar-refractivity contribution in [2.24, 2.45) is 7.05 Å². The predicted octanol–water partition coefficient (Wildman–Crippen LogP) is 0.649. The Morgan fingerprint density at radius 1 is 1.50 bits per heavy atom. The van der Waals surface area contributed by atoms with E-state index in [0.717, 1.165) is 0 Å². The fraction of sp³-hybridized carbons (Fsp3) is 0.625. The highest BCUT2D eigenvalue weighted by Gasteiger charge is 2.17. The SMILES string of the molecule is C[n+]1ccn2c1CCCC2. The first kappa shape index (κ1) is 5.96. The number of aromatic nitrogens is 2.